The summed E-state index contributed by atoms with van der Waals surface area (Å²) in [6.07, 6.45) is 2.40. The summed E-state index contributed by atoms with van der Waals surface area (Å²) in [6.45, 7) is 6.69. The van der Waals surface area contributed by atoms with Gasteiger partial charge < -0.3 is 19.7 Å². The molecule has 0 unspecified atom stereocenters. The molecule has 2 heterocycles. The summed E-state index contributed by atoms with van der Waals surface area (Å²) < 4.78 is 10.1. The van der Waals surface area contributed by atoms with Gasteiger partial charge in [-0.25, -0.2) is 14.6 Å². The van der Waals surface area contributed by atoms with Crippen LogP contribution in [-0.4, -0.2) is 48.9 Å². The van der Waals surface area contributed by atoms with Crippen LogP contribution in [0.3, 0.4) is 0 Å². The van der Waals surface area contributed by atoms with Crippen molar-refractivity contribution in [2.75, 3.05) is 25.1 Å². The smallest absolute Gasteiger partial charge is 0.407 e. The molecule has 1 amide bonds. The molecule has 0 bridgehead atoms. The van der Waals surface area contributed by atoms with E-state index in [9.17, 15) is 9.59 Å². The average molecular weight is 360 g/mol. The minimum Gasteiger partial charge on any atom is -0.465 e. The summed E-state index contributed by atoms with van der Waals surface area (Å²) in [7, 11) is 1.29. The van der Waals surface area contributed by atoms with Crippen molar-refractivity contribution in [2.24, 2.45) is 0 Å². The van der Waals surface area contributed by atoms with E-state index in [1.54, 1.807) is 0 Å². The Labute approximate surface area is 153 Å². The van der Waals surface area contributed by atoms with Crippen molar-refractivity contribution in [3.05, 3.63) is 23.4 Å². The van der Waals surface area contributed by atoms with Gasteiger partial charge in [0, 0.05) is 25.3 Å². The van der Waals surface area contributed by atoms with Crippen molar-refractivity contribution in [3.8, 4) is 6.07 Å². The Kier molecular flexibility index (Phi) is 6.03. The van der Waals surface area contributed by atoms with E-state index >= 15 is 0 Å². The lowest BCUT2D eigenvalue weighted by molar-refractivity contribution is 0.0496. The third-order valence-corrected chi connectivity index (χ3v) is 3.92. The van der Waals surface area contributed by atoms with Crippen molar-refractivity contribution < 1.29 is 19.1 Å². The maximum atomic E-state index is 12.0. The zero-order valence-electron chi connectivity index (χ0n) is 15.5. The fraction of sp³-hybridized carbons (Fsp3) is 0.556. The van der Waals surface area contributed by atoms with E-state index in [2.05, 4.69) is 10.3 Å². The predicted molar refractivity (Wildman–Crippen MR) is 94.9 cm³/mol. The zero-order chi connectivity index (χ0) is 19.3. The number of esters is 1. The second-order valence-corrected chi connectivity index (χ2v) is 7.11. The van der Waals surface area contributed by atoms with Crippen LogP contribution >= 0.6 is 0 Å². The molecule has 1 N–H and O–H groups in total. The van der Waals surface area contributed by atoms with Crippen LogP contribution in [-0.2, 0) is 9.47 Å². The molecule has 26 heavy (non-hydrogen) atoms. The highest BCUT2D eigenvalue weighted by atomic mass is 16.6. The van der Waals surface area contributed by atoms with Gasteiger partial charge in [-0.3, -0.25) is 0 Å². The van der Waals surface area contributed by atoms with Gasteiger partial charge in [-0.1, -0.05) is 0 Å². The van der Waals surface area contributed by atoms with Crippen LogP contribution in [0.15, 0.2) is 12.3 Å². The second-order valence-electron chi connectivity index (χ2n) is 7.11. The molecule has 1 aromatic heterocycles. The Morgan fingerprint density at radius 3 is 2.54 bits per heavy atom. The highest BCUT2D eigenvalue weighted by Gasteiger charge is 2.27. The number of carbonyl (C=O) groups is 2. The number of nitrogens with zero attached hydrogens (tertiary/aromatic N) is 3. The lowest BCUT2D eigenvalue weighted by Crippen LogP contribution is -2.46. The highest BCUT2D eigenvalue weighted by molar-refractivity contribution is 5.95. The van der Waals surface area contributed by atoms with Gasteiger partial charge in [0.25, 0.3) is 0 Å². The monoisotopic (exact) mass is 360 g/mol. The Bertz CT molecular complexity index is 713. The molecule has 1 aliphatic rings. The number of anilines is 1. The Morgan fingerprint density at radius 2 is 2.00 bits per heavy atom. The van der Waals surface area contributed by atoms with Gasteiger partial charge in [0.15, 0.2) is 0 Å². The van der Waals surface area contributed by atoms with Crippen molar-refractivity contribution in [1.82, 2.24) is 10.3 Å². The van der Waals surface area contributed by atoms with E-state index < -0.39 is 17.7 Å². The minimum absolute atomic E-state index is 0.000980. The number of carbonyl (C=O) groups excluding carboxylic acids is 2. The average Bonchev–Trinajstić information content (AvgIpc) is 2.59. The second kappa shape index (κ2) is 8.04. The fourth-order valence-electron chi connectivity index (χ4n) is 2.74. The van der Waals surface area contributed by atoms with E-state index in [-0.39, 0.29) is 11.6 Å². The van der Waals surface area contributed by atoms with Gasteiger partial charge >= 0.3 is 12.1 Å². The van der Waals surface area contributed by atoms with Crippen molar-refractivity contribution in [3.63, 3.8) is 0 Å². The first-order valence-corrected chi connectivity index (χ1v) is 8.46. The van der Waals surface area contributed by atoms with Crippen LogP contribution in [0.4, 0.5) is 10.6 Å². The number of ether oxygens (including phenoxy) is 2. The number of pyridine rings is 1. The number of hydrogen-bond acceptors (Lipinski definition) is 7. The van der Waals surface area contributed by atoms with Crippen LogP contribution in [0.1, 0.15) is 49.5 Å². The Hall–Kier alpha value is -2.82. The summed E-state index contributed by atoms with van der Waals surface area (Å²) in [6, 6.07) is 3.46. The molecule has 2 rings (SSSR count). The largest absolute Gasteiger partial charge is 0.465 e. The normalized spacial score (nSPS) is 15.1. The van der Waals surface area contributed by atoms with Crippen LogP contribution < -0.4 is 10.2 Å². The molecule has 0 radical (unpaired) electrons. The van der Waals surface area contributed by atoms with Gasteiger partial charge in [0.05, 0.1) is 12.7 Å². The van der Waals surface area contributed by atoms with E-state index in [0.717, 1.165) is 0 Å². The van der Waals surface area contributed by atoms with E-state index in [1.165, 1.54) is 19.4 Å². The van der Waals surface area contributed by atoms with Crippen LogP contribution in [0.5, 0.6) is 0 Å². The third kappa shape index (κ3) is 5.09. The summed E-state index contributed by atoms with van der Waals surface area (Å²) in [5.41, 5.74) is 0.0350. The van der Waals surface area contributed by atoms with Crippen molar-refractivity contribution in [2.45, 2.75) is 45.3 Å². The number of nitriles is 1. The first kappa shape index (κ1) is 19.5. The number of amides is 1. The molecule has 0 atom stereocenters. The first-order chi connectivity index (χ1) is 12.2. The molecule has 8 heteroatoms. The summed E-state index contributed by atoms with van der Waals surface area (Å²) in [5.74, 6) is -0.0369. The molecule has 1 aliphatic heterocycles. The number of alkyl carbamates (subject to hydrolysis) is 1. The Balaban J connectivity index is 2.03. The molecule has 1 fully saturated rings. The van der Waals surface area contributed by atoms with Gasteiger partial charge in [-0.05, 0) is 39.7 Å². The quantitative estimate of drug-likeness (QED) is 0.824. The van der Waals surface area contributed by atoms with E-state index in [4.69, 9.17) is 14.7 Å². The molecule has 0 spiro atoms. The van der Waals surface area contributed by atoms with E-state index in [1.807, 2.05) is 31.7 Å². The molecule has 0 aliphatic carbocycles. The number of rotatable bonds is 3. The first-order valence-electron chi connectivity index (χ1n) is 8.46. The zero-order valence-corrected chi connectivity index (χ0v) is 15.5. The topological polar surface area (TPSA) is 105 Å². The van der Waals surface area contributed by atoms with Gasteiger partial charge in [-0.15, -0.1) is 0 Å². The SMILES string of the molecule is COC(=O)c1cc(C#N)cnc1N1CCC(NC(=O)OC(C)(C)C)CC1. The van der Waals surface area contributed by atoms with Gasteiger partial charge in [0.1, 0.15) is 23.1 Å². The fourth-order valence-corrected chi connectivity index (χ4v) is 2.74. The molecule has 1 saturated heterocycles. The number of piperidine rings is 1. The Morgan fingerprint density at radius 1 is 1.35 bits per heavy atom. The van der Waals surface area contributed by atoms with Crippen molar-refractivity contribution >= 4 is 17.9 Å². The molecule has 0 saturated carbocycles. The lowest BCUT2D eigenvalue weighted by atomic mass is 10.0. The van der Waals surface area contributed by atoms with Gasteiger partial charge in [-0.2, -0.15) is 5.26 Å². The molecule has 140 valence electrons. The summed E-state index contributed by atoms with van der Waals surface area (Å²) in [4.78, 5) is 30.1. The molecule has 1 aromatic rings. The lowest BCUT2D eigenvalue weighted by Gasteiger charge is -2.34. The minimum atomic E-state index is -0.535. The maximum Gasteiger partial charge on any atom is 0.407 e. The summed E-state index contributed by atoms with van der Waals surface area (Å²) >= 11 is 0. The molecular weight excluding hydrogens is 336 g/mol. The number of hydrogen-bond donors (Lipinski definition) is 1. The third-order valence-electron chi connectivity index (χ3n) is 3.92. The number of nitrogens with one attached hydrogen (secondary N) is 1. The summed E-state index contributed by atoms with van der Waals surface area (Å²) in [5, 5.41) is 11.9. The van der Waals surface area contributed by atoms with Crippen LogP contribution in [0.25, 0.3) is 0 Å². The van der Waals surface area contributed by atoms with E-state index in [0.29, 0.717) is 37.3 Å². The van der Waals surface area contributed by atoms with Crippen molar-refractivity contribution in [1.29, 1.82) is 5.26 Å². The molecule has 0 aromatic carbocycles. The number of methoxy groups -OCH3 is 1. The standard InChI is InChI=1S/C18H24N4O4/c1-18(2,3)26-17(24)21-13-5-7-22(8-6-13)15-14(16(23)25-4)9-12(10-19)11-20-15/h9,11,13H,5-8H2,1-4H3,(H,21,24). The highest BCUT2D eigenvalue weighted by Crippen LogP contribution is 2.24. The van der Waals surface area contributed by atoms with Crippen LogP contribution in [0.2, 0.25) is 0 Å². The van der Waals surface area contributed by atoms with Crippen LogP contribution in [0, 0.1) is 11.3 Å². The predicted octanol–water partition coefficient (Wildman–Crippen LogP) is 2.23. The maximum absolute atomic E-state index is 12.0. The number of aromatic nitrogens is 1. The van der Waals surface area contributed by atoms with Gasteiger partial charge in [0.2, 0.25) is 0 Å². The molecule has 8 nitrogen and oxygen atoms in total. The molecular formula is C18H24N4O4.